The van der Waals surface area contributed by atoms with E-state index in [2.05, 4.69) is 19.2 Å². The molecule has 2 aromatic rings. The topological polar surface area (TPSA) is 49.4 Å². The molecule has 0 fully saturated rings. The molecule has 0 saturated carbocycles. The lowest BCUT2D eigenvalue weighted by Crippen LogP contribution is -2.48. The number of hydrogen-bond donors (Lipinski definition) is 1. The van der Waals surface area contributed by atoms with Crippen LogP contribution in [-0.2, 0) is 22.6 Å². The molecule has 0 spiro atoms. The van der Waals surface area contributed by atoms with Gasteiger partial charge in [0.05, 0.1) is 0 Å². The number of rotatable bonds is 9. The molecule has 1 N–H and O–H groups in total. The molecule has 150 valence electrons. The summed E-state index contributed by atoms with van der Waals surface area (Å²) in [6.07, 6.45) is 1.06. The number of carbonyl (C=O) groups is 2. The third kappa shape index (κ3) is 6.52. The maximum atomic E-state index is 13.1. The molecule has 0 aliphatic rings. The van der Waals surface area contributed by atoms with Crippen molar-refractivity contribution in [2.45, 2.75) is 53.1 Å². The molecule has 0 unspecified atom stereocenters. The van der Waals surface area contributed by atoms with Gasteiger partial charge in [-0.25, -0.2) is 0 Å². The molecule has 0 saturated heterocycles. The molecule has 4 nitrogen and oxygen atoms in total. The SMILES string of the molecule is Cc1ccccc1CN(C(=O)CCc1ccccc1)[C@H](C)C(=O)NCC(C)C. The van der Waals surface area contributed by atoms with Crippen molar-refractivity contribution in [1.82, 2.24) is 10.2 Å². The van der Waals surface area contributed by atoms with Gasteiger partial charge in [-0.3, -0.25) is 9.59 Å². The van der Waals surface area contributed by atoms with Crippen molar-refractivity contribution in [3.8, 4) is 0 Å². The number of aryl methyl sites for hydroxylation is 2. The summed E-state index contributed by atoms with van der Waals surface area (Å²) in [5.74, 6) is 0.268. The second kappa shape index (κ2) is 10.6. The first kappa shape index (κ1) is 21.7. The highest BCUT2D eigenvalue weighted by atomic mass is 16.2. The van der Waals surface area contributed by atoms with E-state index in [9.17, 15) is 9.59 Å². The van der Waals surface area contributed by atoms with Crippen molar-refractivity contribution in [2.24, 2.45) is 5.92 Å². The number of carbonyl (C=O) groups excluding carboxylic acids is 2. The third-order valence-corrected chi connectivity index (χ3v) is 4.92. The standard InChI is InChI=1S/C24H32N2O2/c1-18(2)16-25-24(28)20(4)26(17-22-13-9-8-10-19(22)3)23(27)15-14-21-11-6-5-7-12-21/h5-13,18,20H,14-17H2,1-4H3,(H,25,28)/t20-/m1/s1. The summed E-state index contributed by atoms with van der Waals surface area (Å²) in [6.45, 7) is 9.01. The van der Waals surface area contributed by atoms with Gasteiger partial charge in [-0.05, 0) is 42.9 Å². The number of nitrogens with zero attached hydrogens (tertiary/aromatic N) is 1. The number of amides is 2. The minimum Gasteiger partial charge on any atom is -0.354 e. The average molecular weight is 381 g/mol. The maximum Gasteiger partial charge on any atom is 0.242 e. The van der Waals surface area contributed by atoms with Gasteiger partial charge in [0.25, 0.3) is 0 Å². The summed E-state index contributed by atoms with van der Waals surface area (Å²) in [6, 6.07) is 17.5. The van der Waals surface area contributed by atoms with Gasteiger partial charge in [-0.1, -0.05) is 68.4 Å². The summed E-state index contributed by atoms with van der Waals surface area (Å²) in [4.78, 5) is 27.4. The lowest BCUT2D eigenvalue weighted by Gasteiger charge is -2.29. The second-order valence-electron chi connectivity index (χ2n) is 7.75. The van der Waals surface area contributed by atoms with Crippen LogP contribution in [0.25, 0.3) is 0 Å². The Bertz CT molecular complexity index is 771. The third-order valence-electron chi connectivity index (χ3n) is 4.92. The molecular weight excluding hydrogens is 348 g/mol. The summed E-state index contributed by atoms with van der Waals surface area (Å²) in [7, 11) is 0. The zero-order chi connectivity index (χ0) is 20.5. The van der Waals surface area contributed by atoms with Crippen molar-refractivity contribution in [1.29, 1.82) is 0 Å². The van der Waals surface area contributed by atoms with Crippen LogP contribution in [0.3, 0.4) is 0 Å². The van der Waals surface area contributed by atoms with E-state index in [1.165, 1.54) is 0 Å². The van der Waals surface area contributed by atoms with E-state index in [4.69, 9.17) is 0 Å². The van der Waals surface area contributed by atoms with Gasteiger partial charge in [0.1, 0.15) is 6.04 Å². The van der Waals surface area contributed by atoms with Crippen LogP contribution in [0, 0.1) is 12.8 Å². The van der Waals surface area contributed by atoms with E-state index in [0.29, 0.717) is 31.8 Å². The van der Waals surface area contributed by atoms with E-state index in [-0.39, 0.29) is 11.8 Å². The highest BCUT2D eigenvalue weighted by molar-refractivity contribution is 5.87. The fraction of sp³-hybridized carbons (Fsp3) is 0.417. The minimum atomic E-state index is -0.512. The van der Waals surface area contributed by atoms with Crippen LogP contribution in [0.1, 0.15) is 43.9 Å². The molecule has 1 atom stereocenters. The van der Waals surface area contributed by atoms with E-state index >= 15 is 0 Å². The smallest absolute Gasteiger partial charge is 0.242 e. The molecule has 0 aliphatic carbocycles. The predicted octanol–water partition coefficient (Wildman–Crippen LogP) is 4.12. The molecule has 4 heteroatoms. The number of nitrogens with one attached hydrogen (secondary N) is 1. The van der Waals surface area contributed by atoms with Gasteiger partial charge in [-0.2, -0.15) is 0 Å². The Morgan fingerprint density at radius 1 is 0.964 bits per heavy atom. The Morgan fingerprint density at radius 3 is 2.25 bits per heavy atom. The molecule has 2 rings (SSSR count). The van der Waals surface area contributed by atoms with Crippen LogP contribution in [0.2, 0.25) is 0 Å². The van der Waals surface area contributed by atoms with E-state index in [0.717, 1.165) is 16.7 Å². The Hall–Kier alpha value is -2.62. The highest BCUT2D eigenvalue weighted by Gasteiger charge is 2.26. The highest BCUT2D eigenvalue weighted by Crippen LogP contribution is 2.15. The largest absolute Gasteiger partial charge is 0.354 e. The van der Waals surface area contributed by atoms with E-state index in [1.807, 2.05) is 68.4 Å². The number of hydrogen-bond acceptors (Lipinski definition) is 2. The molecule has 2 amide bonds. The van der Waals surface area contributed by atoms with Crippen molar-refractivity contribution in [3.63, 3.8) is 0 Å². The Morgan fingerprint density at radius 2 is 1.61 bits per heavy atom. The predicted molar refractivity (Wildman–Crippen MR) is 114 cm³/mol. The van der Waals surface area contributed by atoms with Gasteiger partial charge < -0.3 is 10.2 Å². The van der Waals surface area contributed by atoms with Crippen molar-refractivity contribution in [3.05, 3.63) is 71.3 Å². The first-order valence-corrected chi connectivity index (χ1v) is 10.0. The van der Waals surface area contributed by atoms with Gasteiger partial charge in [0, 0.05) is 19.5 Å². The lowest BCUT2D eigenvalue weighted by molar-refractivity contribution is -0.140. The Labute approximate surface area is 169 Å². The molecule has 2 aromatic carbocycles. The molecule has 0 aliphatic heterocycles. The Balaban J connectivity index is 2.13. The quantitative estimate of drug-likeness (QED) is 0.711. The van der Waals surface area contributed by atoms with Gasteiger partial charge in [0.2, 0.25) is 11.8 Å². The van der Waals surface area contributed by atoms with E-state index < -0.39 is 6.04 Å². The van der Waals surface area contributed by atoms with Crippen LogP contribution >= 0.6 is 0 Å². The maximum absolute atomic E-state index is 13.1. The number of benzene rings is 2. The summed E-state index contributed by atoms with van der Waals surface area (Å²) >= 11 is 0. The fourth-order valence-electron chi connectivity index (χ4n) is 3.05. The zero-order valence-corrected chi connectivity index (χ0v) is 17.4. The summed E-state index contributed by atoms with van der Waals surface area (Å²) < 4.78 is 0. The molecular formula is C24H32N2O2. The summed E-state index contributed by atoms with van der Waals surface area (Å²) in [5, 5.41) is 2.96. The van der Waals surface area contributed by atoms with Crippen LogP contribution in [0.5, 0.6) is 0 Å². The molecule has 0 aromatic heterocycles. The van der Waals surface area contributed by atoms with Gasteiger partial charge in [0.15, 0.2) is 0 Å². The molecule has 0 heterocycles. The monoisotopic (exact) mass is 380 g/mol. The van der Waals surface area contributed by atoms with Crippen molar-refractivity contribution < 1.29 is 9.59 Å². The summed E-state index contributed by atoms with van der Waals surface area (Å²) in [5.41, 5.74) is 3.32. The fourth-order valence-corrected chi connectivity index (χ4v) is 3.05. The molecule has 0 bridgehead atoms. The molecule has 28 heavy (non-hydrogen) atoms. The van der Waals surface area contributed by atoms with Gasteiger partial charge >= 0.3 is 0 Å². The zero-order valence-electron chi connectivity index (χ0n) is 17.4. The minimum absolute atomic E-state index is 0.000645. The van der Waals surface area contributed by atoms with Crippen LogP contribution in [0.4, 0.5) is 0 Å². The first-order chi connectivity index (χ1) is 13.4. The van der Waals surface area contributed by atoms with Gasteiger partial charge in [-0.15, -0.1) is 0 Å². The molecule has 0 radical (unpaired) electrons. The first-order valence-electron chi connectivity index (χ1n) is 10.0. The van der Waals surface area contributed by atoms with Crippen LogP contribution < -0.4 is 5.32 Å². The Kier molecular flexibility index (Phi) is 8.24. The van der Waals surface area contributed by atoms with Crippen LogP contribution in [-0.4, -0.2) is 29.3 Å². The average Bonchev–Trinajstić information content (AvgIpc) is 2.69. The van der Waals surface area contributed by atoms with Crippen molar-refractivity contribution >= 4 is 11.8 Å². The second-order valence-corrected chi connectivity index (χ2v) is 7.75. The van der Waals surface area contributed by atoms with Crippen molar-refractivity contribution in [2.75, 3.05) is 6.54 Å². The van der Waals surface area contributed by atoms with Crippen LogP contribution in [0.15, 0.2) is 54.6 Å². The normalized spacial score (nSPS) is 11.9. The lowest BCUT2D eigenvalue weighted by atomic mass is 10.1. The van der Waals surface area contributed by atoms with E-state index in [1.54, 1.807) is 4.90 Å².